The third-order valence-electron chi connectivity index (χ3n) is 3.45. The normalized spacial score (nSPS) is 12.5. The molecule has 6 heteroatoms. The van der Waals surface area contributed by atoms with Crippen molar-refractivity contribution in [3.8, 4) is 5.69 Å². The van der Waals surface area contributed by atoms with Gasteiger partial charge in [-0.2, -0.15) is 0 Å². The molecule has 2 heterocycles. The van der Waals surface area contributed by atoms with Crippen molar-refractivity contribution in [3.63, 3.8) is 0 Å². The molecule has 1 unspecified atom stereocenters. The number of hydrogen-bond donors (Lipinski definition) is 2. The van der Waals surface area contributed by atoms with Gasteiger partial charge in [0.25, 0.3) is 0 Å². The van der Waals surface area contributed by atoms with Gasteiger partial charge >= 0.3 is 0 Å². The van der Waals surface area contributed by atoms with Gasteiger partial charge in [0.15, 0.2) is 0 Å². The second kappa shape index (κ2) is 5.90. The molecule has 6 nitrogen and oxygen atoms in total. The van der Waals surface area contributed by atoms with E-state index in [9.17, 15) is 0 Å². The number of nitrogens with two attached hydrogens (primary N) is 1. The lowest BCUT2D eigenvalue weighted by atomic mass is 10.0. The lowest BCUT2D eigenvalue weighted by Crippen LogP contribution is -2.30. The fourth-order valence-corrected chi connectivity index (χ4v) is 2.44. The van der Waals surface area contributed by atoms with Crippen LogP contribution in [0, 0.1) is 0 Å². The third-order valence-corrected chi connectivity index (χ3v) is 3.45. The first-order valence-electron chi connectivity index (χ1n) is 6.83. The average Bonchev–Trinajstić information content (AvgIpc) is 3.18. The number of nitrogens with zero attached hydrogens (tertiary/aromatic N) is 3. The Morgan fingerprint density at radius 1 is 1.29 bits per heavy atom. The molecule has 0 saturated heterocycles. The van der Waals surface area contributed by atoms with Crippen molar-refractivity contribution < 1.29 is 4.42 Å². The van der Waals surface area contributed by atoms with Gasteiger partial charge < -0.3 is 4.42 Å². The first-order chi connectivity index (χ1) is 10.3. The van der Waals surface area contributed by atoms with Gasteiger partial charge in [-0.05, 0) is 18.2 Å². The number of benzene rings is 1. The number of hydrazine groups is 1. The van der Waals surface area contributed by atoms with Crippen LogP contribution in [0.2, 0.25) is 0 Å². The molecule has 0 aliphatic rings. The maximum absolute atomic E-state index is 5.77. The molecular formula is C15H17N5O. The Kier molecular flexibility index (Phi) is 3.81. The minimum Gasteiger partial charge on any atom is -0.469 e. The maximum Gasteiger partial charge on any atom is 0.108 e. The summed E-state index contributed by atoms with van der Waals surface area (Å²) in [5, 5.41) is 8.18. The SMILES string of the molecule is CCc1occc1C(NN)c1cnnn1-c1ccccc1. The van der Waals surface area contributed by atoms with Crippen molar-refractivity contribution in [2.75, 3.05) is 0 Å². The monoisotopic (exact) mass is 283 g/mol. The van der Waals surface area contributed by atoms with Crippen molar-refractivity contribution >= 4 is 0 Å². The average molecular weight is 283 g/mol. The highest BCUT2D eigenvalue weighted by molar-refractivity contribution is 5.36. The third kappa shape index (κ3) is 2.46. The first kappa shape index (κ1) is 13.5. The van der Waals surface area contributed by atoms with Gasteiger partial charge in [-0.25, -0.2) is 10.1 Å². The minimum absolute atomic E-state index is 0.228. The van der Waals surface area contributed by atoms with Crippen molar-refractivity contribution in [1.82, 2.24) is 20.4 Å². The van der Waals surface area contributed by atoms with Crippen molar-refractivity contribution in [3.05, 3.63) is 65.9 Å². The molecule has 0 saturated carbocycles. The van der Waals surface area contributed by atoms with Crippen LogP contribution in [0.15, 0.2) is 53.3 Å². The maximum atomic E-state index is 5.77. The minimum atomic E-state index is -0.228. The molecule has 3 aromatic rings. The zero-order valence-corrected chi connectivity index (χ0v) is 11.7. The van der Waals surface area contributed by atoms with Gasteiger partial charge in [-0.3, -0.25) is 5.84 Å². The summed E-state index contributed by atoms with van der Waals surface area (Å²) in [4.78, 5) is 0. The van der Waals surface area contributed by atoms with E-state index in [1.165, 1.54) is 0 Å². The fourth-order valence-electron chi connectivity index (χ4n) is 2.44. The Morgan fingerprint density at radius 2 is 2.10 bits per heavy atom. The molecule has 0 aliphatic carbocycles. The number of rotatable bonds is 5. The molecule has 108 valence electrons. The summed E-state index contributed by atoms with van der Waals surface area (Å²) in [6, 6.07) is 11.5. The number of aryl methyl sites for hydroxylation is 1. The second-order valence-corrected chi connectivity index (χ2v) is 4.66. The molecular weight excluding hydrogens is 266 g/mol. The quantitative estimate of drug-likeness (QED) is 0.552. The summed E-state index contributed by atoms with van der Waals surface area (Å²) >= 11 is 0. The van der Waals surface area contributed by atoms with Gasteiger partial charge in [0.2, 0.25) is 0 Å². The molecule has 0 aliphatic heterocycles. The molecule has 1 aromatic carbocycles. The number of hydrogen-bond acceptors (Lipinski definition) is 5. The number of nitrogens with one attached hydrogen (secondary N) is 1. The predicted octanol–water partition coefficient (Wildman–Crippen LogP) is 1.98. The summed E-state index contributed by atoms with van der Waals surface area (Å²) in [5.41, 5.74) is 5.63. The van der Waals surface area contributed by atoms with Gasteiger partial charge in [0.1, 0.15) is 5.76 Å². The summed E-state index contributed by atoms with van der Waals surface area (Å²) in [6.07, 6.45) is 4.19. The molecule has 0 amide bonds. The van der Waals surface area contributed by atoms with E-state index in [1.54, 1.807) is 17.1 Å². The fraction of sp³-hybridized carbons (Fsp3) is 0.200. The smallest absolute Gasteiger partial charge is 0.108 e. The van der Waals surface area contributed by atoms with Gasteiger partial charge in [-0.1, -0.05) is 30.3 Å². The van der Waals surface area contributed by atoms with E-state index in [0.717, 1.165) is 29.1 Å². The molecule has 0 radical (unpaired) electrons. The van der Waals surface area contributed by atoms with Crippen LogP contribution in [0.1, 0.15) is 30.0 Å². The number of aromatic nitrogens is 3. The molecule has 1 atom stereocenters. The second-order valence-electron chi connectivity index (χ2n) is 4.66. The van der Waals surface area contributed by atoms with E-state index in [0.29, 0.717) is 0 Å². The molecule has 21 heavy (non-hydrogen) atoms. The van der Waals surface area contributed by atoms with Gasteiger partial charge in [0, 0.05) is 12.0 Å². The van der Waals surface area contributed by atoms with Gasteiger partial charge in [-0.15, -0.1) is 5.10 Å². The Hall–Kier alpha value is -2.44. The zero-order chi connectivity index (χ0) is 14.7. The number of para-hydroxylation sites is 1. The Balaban J connectivity index is 2.05. The van der Waals surface area contributed by atoms with E-state index in [2.05, 4.69) is 15.7 Å². The highest BCUT2D eigenvalue weighted by Gasteiger charge is 2.22. The summed E-state index contributed by atoms with van der Waals surface area (Å²) in [5.74, 6) is 6.67. The van der Waals surface area contributed by atoms with Crippen molar-refractivity contribution in [2.45, 2.75) is 19.4 Å². The highest BCUT2D eigenvalue weighted by Crippen LogP contribution is 2.26. The summed E-state index contributed by atoms with van der Waals surface area (Å²) < 4.78 is 7.27. The van der Waals surface area contributed by atoms with Crippen LogP contribution >= 0.6 is 0 Å². The van der Waals surface area contributed by atoms with Crippen LogP contribution in [0.3, 0.4) is 0 Å². The lowest BCUT2D eigenvalue weighted by molar-refractivity contribution is 0.498. The Bertz CT molecular complexity index is 704. The summed E-state index contributed by atoms with van der Waals surface area (Å²) in [7, 11) is 0. The van der Waals surface area contributed by atoms with E-state index in [-0.39, 0.29) is 6.04 Å². The van der Waals surface area contributed by atoms with Crippen LogP contribution in [0.25, 0.3) is 5.69 Å². The molecule has 0 bridgehead atoms. The van der Waals surface area contributed by atoms with E-state index < -0.39 is 0 Å². The standard InChI is InChI=1S/C15H17N5O/c1-2-14-12(8-9-21-14)15(18-16)13-10-17-19-20(13)11-6-4-3-5-7-11/h3-10,15,18H,2,16H2,1H3. The molecule has 3 rings (SSSR count). The van der Waals surface area contributed by atoms with Crippen molar-refractivity contribution in [2.24, 2.45) is 5.84 Å². The lowest BCUT2D eigenvalue weighted by Gasteiger charge is -2.16. The largest absolute Gasteiger partial charge is 0.469 e. The van der Waals surface area contributed by atoms with E-state index in [4.69, 9.17) is 10.3 Å². The van der Waals surface area contributed by atoms with E-state index in [1.807, 2.05) is 43.3 Å². The van der Waals surface area contributed by atoms with Crippen LogP contribution in [0.5, 0.6) is 0 Å². The summed E-state index contributed by atoms with van der Waals surface area (Å²) in [6.45, 7) is 2.04. The Labute approximate surface area is 122 Å². The molecule has 0 fully saturated rings. The van der Waals surface area contributed by atoms with Crippen LogP contribution in [-0.4, -0.2) is 15.0 Å². The van der Waals surface area contributed by atoms with Crippen molar-refractivity contribution in [1.29, 1.82) is 0 Å². The Morgan fingerprint density at radius 3 is 2.81 bits per heavy atom. The van der Waals surface area contributed by atoms with E-state index >= 15 is 0 Å². The molecule has 2 aromatic heterocycles. The van der Waals surface area contributed by atoms with Gasteiger partial charge in [0.05, 0.1) is 29.9 Å². The van der Waals surface area contributed by atoms with Crippen LogP contribution in [-0.2, 0) is 6.42 Å². The highest BCUT2D eigenvalue weighted by atomic mass is 16.3. The van der Waals surface area contributed by atoms with Crippen LogP contribution < -0.4 is 11.3 Å². The number of furan rings is 1. The topological polar surface area (TPSA) is 81.9 Å². The zero-order valence-electron chi connectivity index (χ0n) is 11.7. The van der Waals surface area contributed by atoms with Crippen LogP contribution in [0.4, 0.5) is 0 Å². The first-order valence-corrected chi connectivity index (χ1v) is 6.83. The predicted molar refractivity (Wildman–Crippen MR) is 78.6 cm³/mol. The molecule has 0 spiro atoms. The molecule has 3 N–H and O–H groups in total.